The van der Waals surface area contributed by atoms with Gasteiger partial charge < -0.3 is 9.47 Å². The Morgan fingerprint density at radius 1 is 1.42 bits per heavy atom. The molecule has 1 aromatic heterocycles. The largest absolute Gasteiger partial charge is 0.466 e. The zero-order valence-electron chi connectivity index (χ0n) is 6.62. The van der Waals surface area contributed by atoms with Gasteiger partial charge in [0, 0.05) is 7.11 Å². The molecule has 0 unspecified atom stereocenters. The van der Waals surface area contributed by atoms with E-state index < -0.39 is 0 Å². The monoisotopic (exact) mass is 208 g/mol. The second-order valence-electron chi connectivity index (χ2n) is 1.94. The molecule has 6 heteroatoms. The third-order valence-corrected chi connectivity index (χ3v) is 2.32. The van der Waals surface area contributed by atoms with Crippen molar-refractivity contribution < 1.29 is 9.47 Å². The maximum absolute atomic E-state index is 5.53. The molecule has 0 bridgehead atoms. The van der Waals surface area contributed by atoms with Crippen molar-refractivity contribution in [2.24, 2.45) is 0 Å². The van der Waals surface area contributed by atoms with E-state index in [1.54, 1.807) is 7.11 Å². The third-order valence-electron chi connectivity index (χ3n) is 1.08. The Kier molecular flexibility index (Phi) is 4.27. The van der Waals surface area contributed by atoms with Gasteiger partial charge in [-0.25, -0.2) is 0 Å². The Bertz CT molecular complexity index is 231. The molecule has 0 saturated heterocycles. The smallest absolute Gasteiger partial charge is 0.294 e. The van der Waals surface area contributed by atoms with Gasteiger partial charge in [0.05, 0.1) is 12.5 Å². The number of methoxy groups -OCH3 is 1. The van der Waals surface area contributed by atoms with Crippen molar-refractivity contribution >= 4 is 22.9 Å². The Balaban J connectivity index is 2.31. The van der Waals surface area contributed by atoms with E-state index in [-0.39, 0.29) is 0 Å². The van der Waals surface area contributed by atoms with Gasteiger partial charge in [-0.1, -0.05) is 11.3 Å². The van der Waals surface area contributed by atoms with Crippen molar-refractivity contribution in [3.63, 3.8) is 0 Å². The molecule has 0 radical (unpaired) electrons. The van der Waals surface area contributed by atoms with Crippen LogP contribution >= 0.6 is 22.9 Å². The average Bonchev–Trinajstić information content (AvgIpc) is 2.53. The van der Waals surface area contributed by atoms with Gasteiger partial charge in [0.1, 0.15) is 11.6 Å². The lowest BCUT2D eigenvalue weighted by atomic mass is 10.8. The van der Waals surface area contributed by atoms with E-state index in [2.05, 4.69) is 10.2 Å². The molecule has 0 N–H and O–H groups in total. The van der Waals surface area contributed by atoms with Crippen LogP contribution in [0.2, 0.25) is 0 Å². The van der Waals surface area contributed by atoms with Crippen LogP contribution in [0.3, 0.4) is 0 Å². The van der Waals surface area contributed by atoms with E-state index in [1.165, 1.54) is 11.3 Å². The van der Waals surface area contributed by atoms with Gasteiger partial charge in [-0.15, -0.1) is 21.8 Å². The summed E-state index contributed by atoms with van der Waals surface area (Å²) in [6.07, 6.45) is 0. The predicted molar refractivity (Wildman–Crippen MR) is 46.8 cm³/mol. The zero-order chi connectivity index (χ0) is 8.81. The highest BCUT2D eigenvalue weighted by Crippen LogP contribution is 2.18. The maximum Gasteiger partial charge on any atom is 0.294 e. The molecular formula is C6H9ClN2O2S. The van der Waals surface area contributed by atoms with Crippen molar-refractivity contribution in [3.05, 3.63) is 5.01 Å². The van der Waals surface area contributed by atoms with Gasteiger partial charge in [0.25, 0.3) is 5.19 Å². The predicted octanol–water partition coefficient (Wildman–Crippen LogP) is 1.30. The number of halogens is 1. The minimum absolute atomic E-state index is 0.380. The number of hydrogen-bond donors (Lipinski definition) is 0. The number of aromatic nitrogens is 2. The first-order valence-electron chi connectivity index (χ1n) is 3.37. The van der Waals surface area contributed by atoms with E-state index in [4.69, 9.17) is 21.1 Å². The topological polar surface area (TPSA) is 44.2 Å². The van der Waals surface area contributed by atoms with Crippen LogP contribution in [0, 0.1) is 0 Å². The summed E-state index contributed by atoms with van der Waals surface area (Å²) in [6.45, 7) is 1.04. The van der Waals surface area contributed by atoms with Crippen molar-refractivity contribution in [2.45, 2.75) is 5.88 Å². The fourth-order valence-electron chi connectivity index (χ4n) is 0.563. The lowest BCUT2D eigenvalue weighted by Crippen LogP contribution is -2.03. The first-order chi connectivity index (χ1) is 5.86. The Morgan fingerprint density at radius 2 is 2.25 bits per heavy atom. The van der Waals surface area contributed by atoms with Crippen molar-refractivity contribution in [1.82, 2.24) is 10.2 Å². The first kappa shape index (κ1) is 9.70. The SMILES string of the molecule is COCCOc1nnc(CCl)s1. The molecule has 1 heterocycles. The van der Waals surface area contributed by atoms with Crippen LogP contribution < -0.4 is 4.74 Å². The summed E-state index contributed by atoms with van der Waals surface area (Å²) in [7, 11) is 1.62. The second-order valence-corrected chi connectivity index (χ2v) is 3.23. The highest BCUT2D eigenvalue weighted by atomic mass is 35.5. The minimum atomic E-state index is 0.380. The summed E-state index contributed by atoms with van der Waals surface area (Å²) < 4.78 is 9.99. The van der Waals surface area contributed by atoms with Crippen LogP contribution in [-0.4, -0.2) is 30.5 Å². The first-order valence-corrected chi connectivity index (χ1v) is 4.72. The van der Waals surface area contributed by atoms with Crippen LogP contribution in [0.5, 0.6) is 5.19 Å². The van der Waals surface area contributed by atoms with Gasteiger partial charge in [-0.05, 0) is 0 Å². The summed E-state index contributed by atoms with van der Waals surface area (Å²) in [6, 6.07) is 0. The molecular weight excluding hydrogens is 200 g/mol. The zero-order valence-corrected chi connectivity index (χ0v) is 8.19. The number of nitrogens with zero attached hydrogens (tertiary/aromatic N) is 2. The standard InChI is InChI=1S/C6H9ClN2O2S/c1-10-2-3-11-6-9-8-5(4-7)12-6/h2-4H2,1H3. The van der Waals surface area contributed by atoms with Gasteiger partial charge in [-0.2, -0.15) is 0 Å². The number of rotatable bonds is 5. The van der Waals surface area contributed by atoms with Crippen LogP contribution in [-0.2, 0) is 10.6 Å². The highest BCUT2D eigenvalue weighted by Gasteiger charge is 2.02. The minimum Gasteiger partial charge on any atom is -0.466 e. The van der Waals surface area contributed by atoms with E-state index in [0.717, 1.165) is 5.01 Å². The molecule has 68 valence electrons. The summed E-state index contributed by atoms with van der Waals surface area (Å²) in [5, 5.41) is 8.86. The van der Waals surface area contributed by atoms with Gasteiger partial charge in [0.2, 0.25) is 0 Å². The van der Waals surface area contributed by atoms with E-state index in [9.17, 15) is 0 Å². The van der Waals surface area contributed by atoms with E-state index >= 15 is 0 Å². The molecule has 0 aromatic carbocycles. The molecule has 0 aliphatic carbocycles. The number of ether oxygens (including phenoxy) is 2. The van der Waals surface area contributed by atoms with Gasteiger partial charge in [-0.3, -0.25) is 0 Å². The number of hydrogen-bond acceptors (Lipinski definition) is 5. The molecule has 12 heavy (non-hydrogen) atoms. The molecule has 0 spiro atoms. The third kappa shape index (κ3) is 2.92. The van der Waals surface area contributed by atoms with E-state index in [0.29, 0.717) is 24.3 Å². The van der Waals surface area contributed by atoms with Crippen LogP contribution in [0.15, 0.2) is 0 Å². The van der Waals surface area contributed by atoms with Crippen molar-refractivity contribution in [3.8, 4) is 5.19 Å². The highest BCUT2D eigenvalue weighted by molar-refractivity contribution is 7.13. The molecule has 0 aliphatic rings. The molecule has 0 fully saturated rings. The summed E-state index contributed by atoms with van der Waals surface area (Å²) >= 11 is 6.88. The van der Waals surface area contributed by atoms with Gasteiger partial charge in [0.15, 0.2) is 0 Å². The van der Waals surface area contributed by atoms with Crippen LogP contribution in [0.4, 0.5) is 0 Å². The lowest BCUT2D eigenvalue weighted by molar-refractivity contribution is 0.145. The van der Waals surface area contributed by atoms with Crippen molar-refractivity contribution in [1.29, 1.82) is 0 Å². The Hall–Kier alpha value is -0.390. The van der Waals surface area contributed by atoms with Crippen LogP contribution in [0.1, 0.15) is 5.01 Å². The molecule has 0 amide bonds. The fraction of sp³-hybridized carbons (Fsp3) is 0.667. The van der Waals surface area contributed by atoms with Gasteiger partial charge >= 0.3 is 0 Å². The van der Waals surface area contributed by atoms with Crippen molar-refractivity contribution in [2.75, 3.05) is 20.3 Å². The molecule has 4 nitrogen and oxygen atoms in total. The van der Waals surface area contributed by atoms with Crippen LogP contribution in [0.25, 0.3) is 0 Å². The molecule has 1 rings (SSSR count). The molecule has 0 aliphatic heterocycles. The number of alkyl halides is 1. The summed E-state index contributed by atoms with van der Waals surface area (Å²) in [5.74, 6) is 0.380. The summed E-state index contributed by atoms with van der Waals surface area (Å²) in [4.78, 5) is 0. The normalized spacial score (nSPS) is 10.2. The molecule has 0 atom stereocenters. The molecule has 0 saturated carbocycles. The summed E-state index contributed by atoms with van der Waals surface area (Å²) in [5.41, 5.74) is 0. The maximum atomic E-state index is 5.53. The quantitative estimate of drug-likeness (QED) is 0.541. The Morgan fingerprint density at radius 3 is 2.83 bits per heavy atom. The fourth-order valence-corrected chi connectivity index (χ4v) is 1.34. The average molecular weight is 209 g/mol. The Labute approximate surface area is 79.5 Å². The second kappa shape index (κ2) is 5.29. The van der Waals surface area contributed by atoms with E-state index in [1.807, 2.05) is 0 Å². The molecule has 1 aromatic rings. The lowest BCUT2D eigenvalue weighted by Gasteiger charge is -1.98.